The molecule has 0 radical (unpaired) electrons. The van der Waals surface area contributed by atoms with Gasteiger partial charge in [-0.3, -0.25) is 14.5 Å². The van der Waals surface area contributed by atoms with E-state index in [1.54, 1.807) is 12.1 Å². The van der Waals surface area contributed by atoms with E-state index in [-0.39, 0.29) is 12.5 Å². The van der Waals surface area contributed by atoms with Crippen LogP contribution in [0, 0.1) is 6.92 Å². The first kappa shape index (κ1) is 23.2. The first-order chi connectivity index (χ1) is 17.5. The summed E-state index contributed by atoms with van der Waals surface area (Å²) in [5.41, 5.74) is 10.8. The molecule has 0 aromatic heterocycles. The molecule has 1 atom stereocenters. The van der Waals surface area contributed by atoms with Crippen LogP contribution in [0.5, 0.6) is 5.75 Å². The molecule has 6 heteroatoms. The number of primary amides is 1. The van der Waals surface area contributed by atoms with Crippen LogP contribution in [-0.2, 0) is 11.3 Å². The summed E-state index contributed by atoms with van der Waals surface area (Å²) in [7, 11) is 0. The summed E-state index contributed by atoms with van der Waals surface area (Å²) in [6.07, 6.45) is -0.402. The van der Waals surface area contributed by atoms with Crippen LogP contribution in [0.2, 0.25) is 0 Å². The fourth-order valence-corrected chi connectivity index (χ4v) is 4.55. The average Bonchev–Trinajstić information content (AvgIpc) is 2.90. The second-order valence-corrected chi connectivity index (χ2v) is 8.84. The number of hydrogen-bond donors (Lipinski definition) is 1. The largest absolute Gasteiger partial charge is 0.484 e. The zero-order valence-electron chi connectivity index (χ0n) is 20.0. The highest BCUT2D eigenvalue weighted by molar-refractivity contribution is 6.12. The molecule has 4 aromatic carbocycles. The number of hydrogen-bond acceptors (Lipinski definition) is 4. The van der Waals surface area contributed by atoms with E-state index in [2.05, 4.69) is 17.0 Å². The lowest BCUT2D eigenvalue weighted by molar-refractivity contribution is -0.119. The van der Waals surface area contributed by atoms with Gasteiger partial charge in [0.15, 0.2) is 6.61 Å². The molecule has 180 valence electrons. The number of amides is 2. The van der Waals surface area contributed by atoms with Gasteiger partial charge in [0.2, 0.25) is 0 Å². The van der Waals surface area contributed by atoms with E-state index >= 15 is 0 Å². The lowest BCUT2D eigenvalue weighted by atomic mass is 9.99. The Morgan fingerprint density at radius 2 is 1.53 bits per heavy atom. The minimum atomic E-state index is -0.534. The van der Waals surface area contributed by atoms with Gasteiger partial charge in [-0.2, -0.15) is 0 Å². The number of nitrogens with zero attached hydrogens (tertiary/aromatic N) is 2. The molecule has 6 nitrogen and oxygen atoms in total. The molecule has 0 saturated carbocycles. The van der Waals surface area contributed by atoms with Gasteiger partial charge in [0, 0.05) is 12.2 Å². The number of carbonyl (C=O) groups is 2. The molecular weight excluding hydrogens is 450 g/mol. The Morgan fingerprint density at radius 1 is 0.861 bits per heavy atom. The highest BCUT2D eigenvalue weighted by Crippen LogP contribution is 2.42. The van der Waals surface area contributed by atoms with Crippen LogP contribution in [0.4, 0.5) is 11.4 Å². The van der Waals surface area contributed by atoms with Crippen LogP contribution in [0.3, 0.4) is 0 Å². The second-order valence-electron chi connectivity index (χ2n) is 8.84. The SMILES string of the molecule is Cc1ccc(N2C(=O)c3ccccc3N(Cc3ccccc3)[C@H]2c2ccc(OCC(N)=O)cc2)cc1. The predicted molar refractivity (Wildman–Crippen MR) is 141 cm³/mol. The molecular formula is C30H27N3O3. The molecule has 1 heterocycles. The molecule has 0 saturated heterocycles. The predicted octanol–water partition coefficient (Wildman–Crippen LogP) is 5.22. The standard InChI is InChI=1S/C30H27N3O3/c1-21-11-15-24(16-12-21)33-29(23-13-17-25(18-14-23)36-20-28(31)34)32(19-22-7-3-2-4-8-22)27-10-6-5-9-26(27)30(33)35/h2-18,29H,19-20H2,1H3,(H2,31,34)/t29-/m1/s1. The van der Waals surface area contributed by atoms with Gasteiger partial charge in [-0.05, 0) is 54.4 Å². The van der Waals surface area contributed by atoms with Crippen LogP contribution in [0.25, 0.3) is 0 Å². The number of nitrogens with two attached hydrogens (primary N) is 1. The Kier molecular flexibility index (Phi) is 6.41. The molecule has 5 rings (SSSR count). The van der Waals surface area contributed by atoms with Gasteiger partial charge in [0.25, 0.3) is 11.8 Å². The molecule has 36 heavy (non-hydrogen) atoms. The monoisotopic (exact) mass is 477 g/mol. The van der Waals surface area contributed by atoms with E-state index in [0.29, 0.717) is 17.9 Å². The van der Waals surface area contributed by atoms with Crippen molar-refractivity contribution in [1.82, 2.24) is 0 Å². The Morgan fingerprint density at radius 3 is 2.22 bits per heavy atom. The number of anilines is 2. The Bertz CT molecular complexity index is 1370. The first-order valence-electron chi connectivity index (χ1n) is 11.8. The van der Waals surface area contributed by atoms with Crippen molar-refractivity contribution < 1.29 is 14.3 Å². The first-order valence-corrected chi connectivity index (χ1v) is 11.8. The van der Waals surface area contributed by atoms with E-state index in [4.69, 9.17) is 10.5 Å². The Hall–Kier alpha value is -4.58. The van der Waals surface area contributed by atoms with Gasteiger partial charge in [-0.15, -0.1) is 0 Å². The molecule has 1 aliphatic heterocycles. The highest BCUT2D eigenvalue weighted by Gasteiger charge is 2.39. The molecule has 0 unspecified atom stereocenters. The summed E-state index contributed by atoms with van der Waals surface area (Å²) >= 11 is 0. The van der Waals surface area contributed by atoms with E-state index in [9.17, 15) is 9.59 Å². The summed E-state index contributed by atoms with van der Waals surface area (Å²) in [5.74, 6) is -0.0532. The fraction of sp³-hybridized carbons (Fsp3) is 0.133. The number of carbonyl (C=O) groups excluding carboxylic acids is 2. The van der Waals surface area contributed by atoms with Gasteiger partial charge in [0.1, 0.15) is 11.9 Å². The van der Waals surface area contributed by atoms with Crippen molar-refractivity contribution in [3.63, 3.8) is 0 Å². The number of aryl methyl sites for hydroxylation is 1. The minimum absolute atomic E-state index is 0.0576. The summed E-state index contributed by atoms with van der Waals surface area (Å²) in [6, 6.07) is 33.4. The number of ether oxygens (including phenoxy) is 1. The maximum atomic E-state index is 14.0. The maximum absolute atomic E-state index is 14.0. The van der Waals surface area contributed by atoms with E-state index in [0.717, 1.165) is 28.1 Å². The average molecular weight is 478 g/mol. The molecule has 2 N–H and O–H groups in total. The highest BCUT2D eigenvalue weighted by atomic mass is 16.5. The summed E-state index contributed by atoms with van der Waals surface area (Å²) < 4.78 is 5.47. The Balaban J connectivity index is 1.64. The van der Waals surface area contributed by atoms with Gasteiger partial charge < -0.3 is 15.4 Å². The van der Waals surface area contributed by atoms with Crippen molar-refractivity contribution >= 4 is 23.2 Å². The summed E-state index contributed by atoms with van der Waals surface area (Å²) in [4.78, 5) is 29.2. The molecule has 0 aliphatic carbocycles. The van der Waals surface area contributed by atoms with Gasteiger partial charge in [0.05, 0.1) is 11.3 Å². The van der Waals surface area contributed by atoms with Crippen molar-refractivity contribution in [2.24, 2.45) is 5.73 Å². The maximum Gasteiger partial charge on any atom is 0.262 e. The third-order valence-corrected chi connectivity index (χ3v) is 6.27. The van der Waals surface area contributed by atoms with Crippen molar-refractivity contribution in [3.8, 4) is 5.75 Å². The van der Waals surface area contributed by atoms with Crippen LogP contribution < -0.4 is 20.3 Å². The third kappa shape index (κ3) is 4.66. The van der Waals surface area contributed by atoms with Gasteiger partial charge in [-0.25, -0.2) is 0 Å². The summed E-state index contributed by atoms with van der Waals surface area (Å²) in [6.45, 7) is 2.45. The molecule has 0 fully saturated rings. The molecule has 0 spiro atoms. The summed E-state index contributed by atoms with van der Waals surface area (Å²) in [5, 5.41) is 0. The number of rotatable bonds is 7. The lowest BCUT2D eigenvalue weighted by Crippen LogP contribution is -2.49. The second kappa shape index (κ2) is 9.96. The number of para-hydroxylation sites is 1. The minimum Gasteiger partial charge on any atom is -0.484 e. The molecule has 1 aliphatic rings. The lowest BCUT2D eigenvalue weighted by Gasteiger charge is -2.46. The van der Waals surface area contributed by atoms with Crippen molar-refractivity contribution in [2.75, 3.05) is 16.4 Å². The zero-order chi connectivity index (χ0) is 25.1. The van der Waals surface area contributed by atoms with Crippen molar-refractivity contribution in [3.05, 3.63) is 125 Å². The molecule has 2 amide bonds. The number of benzene rings is 4. The molecule has 0 bridgehead atoms. The van der Waals surface area contributed by atoms with Crippen LogP contribution in [0.1, 0.15) is 33.2 Å². The quantitative estimate of drug-likeness (QED) is 0.396. The smallest absolute Gasteiger partial charge is 0.262 e. The van der Waals surface area contributed by atoms with Crippen LogP contribution in [-0.4, -0.2) is 18.4 Å². The van der Waals surface area contributed by atoms with E-state index in [1.165, 1.54) is 0 Å². The van der Waals surface area contributed by atoms with Crippen LogP contribution >= 0.6 is 0 Å². The normalized spacial score (nSPS) is 14.9. The van der Waals surface area contributed by atoms with Gasteiger partial charge in [-0.1, -0.05) is 72.3 Å². The molecule has 4 aromatic rings. The number of fused-ring (bicyclic) bond motifs is 1. The fourth-order valence-electron chi connectivity index (χ4n) is 4.55. The van der Waals surface area contributed by atoms with E-state index < -0.39 is 12.1 Å². The zero-order valence-corrected chi connectivity index (χ0v) is 20.0. The topological polar surface area (TPSA) is 75.9 Å². The van der Waals surface area contributed by atoms with Crippen molar-refractivity contribution in [2.45, 2.75) is 19.6 Å². The van der Waals surface area contributed by atoms with Crippen molar-refractivity contribution in [1.29, 1.82) is 0 Å². The van der Waals surface area contributed by atoms with Gasteiger partial charge >= 0.3 is 0 Å². The van der Waals surface area contributed by atoms with Crippen LogP contribution in [0.15, 0.2) is 103 Å². The third-order valence-electron chi connectivity index (χ3n) is 6.27. The van der Waals surface area contributed by atoms with E-state index in [1.807, 2.05) is 90.7 Å². The Labute approximate surface area is 210 Å².